The SMILES string of the molecule is CCC(C)C(=O)OCC(=O)OC1CSC(C)C(C)S1. The van der Waals surface area contributed by atoms with E-state index in [0.717, 1.165) is 5.75 Å². The Labute approximate surface area is 123 Å². The molecule has 0 aromatic carbocycles. The fourth-order valence-electron chi connectivity index (χ4n) is 1.44. The maximum Gasteiger partial charge on any atom is 0.345 e. The van der Waals surface area contributed by atoms with E-state index in [1.807, 2.05) is 6.92 Å². The molecule has 0 aliphatic carbocycles. The lowest BCUT2D eigenvalue weighted by atomic mass is 10.1. The number of esters is 2. The fourth-order valence-corrected chi connectivity index (χ4v) is 4.08. The first-order chi connectivity index (χ1) is 8.93. The third kappa shape index (κ3) is 5.65. The first-order valence-corrected chi connectivity index (χ1v) is 8.56. The monoisotopic (exact) mass is 306 g/mol. The predicted molar refractivity (Wildman–Crippen MR) is 79.3 cm³/mol. The minimum absolute atomic E-state index is 0.133. The highest BCUT2D eigenvalue weighted by atomic mass is 32.2. The molecule has 1 heterocycles. The van der Waals surface area contributed by atoms with Crippen molar-refractivity contribution >= 4 is 35.5 Å². The van der Waals surface area contributed by atoms with Crippen LogP contribution in [0.5, 0.6) is 0 Å². The van der Waals surface area contributed by atoms with Gasteiger partial charge < -0.3 is 9.47 Å². The van der Waals surface area contributed by atoms with E-state index in [2.05, 4.69) is 13.8 Å². The van der Waals surface area contributed by atoms with Crippen LogP contribution >= 0.6 is 23.5 Å². The molecule has 0 N–H and O–H groups in total. The number of rotatable bonds is 5. The van der Waals surface area contributed by atoms with Crippen LogP contribution in [0.2, 0.25) is 0 Å². The molecule has 0 amide bonds. The molecule has 4 unspecified atom stereocenters. The zero-order valence-corrected chi connectivity index (χ0v) is 13.5. The molecule has 6 heteroatoms. The van der Waals surface area contributed by atoms with Gasteiger partial charge in [0.05, 0.1) is 5.92 Å². The van der Waals surface area contributed by atoms with Gasteiger partial charge in [-0.25, -0.2) is 4.79 Å². The van der Waals surface area contributed by atoms with Gasteiger partial charge in [0.15, 0.2) is 12.0 Å². The minimum atomic E-state index is -0.462. The number of hydrogen-bond donors (Lipinski definition) is 0. The molecule has 1 aliphatic heterocycles. The smallest absolute Gasteiger partial charge is 0.345 e. The van der Waals surface area contributed by atoms with Crippen molar-refractivity contribution in [2.24, 2.45) is 5.92 Å². The highest BCUT2D eigenvalue weighted by Gasteiger charge is 2.28. The summed E-state index contributed by atoms with van der Waals surface area (Å²) < 4.78 is 10.2. The summed E-state index contributed by atoms with van der Waals surface area (Å²) in [5.74, 6) is -0.182. The second-order valence-electron chi connectivity index (χ2n) is 4.72. The Morgan fingerprint density at radius 2 is 2.00 bits per heavy atom. The average Bonchev–Trinajstić information content (AvgIpc) is 2.39. The Kier molecular flexibility index (Phi) is 7.07. The first-order valence-electron chi connectivity index (χ1n) is 6.57. The number of hydrogen-bond acceptors (Lipinski definition) is 6. The molecule has 4 atom stereocenters. The molecule has 0 aromatic heterocycles. The van der Waals surface area contributed by atoms with Gasteiger partial charge in [-0.2, -0.15) is 11.8 Å². The van der Waals surface area contributed by atoms with Gasteiger partial charge in [0, 0.05) is 16.3 Å². The lowest BCUT2D eigenvalue weighted by Crippen LogP contribution is -2.31. The van der Waals surface area contributed by atoms with Crippen LogP contribution in [-0.4, -0.2) is 40.2 Å². The maximum absolute atomic E-state index is 11.6. The largest absolute Gasteiger partial charge is 0.453 e. The molecule has 0 spiro atoms. The quantitative estimate of drug-likeness (QED) is 0.728. The molecule has 0 radical (unpaired) electrons. The molecular weight excluding hydrogens is 284 g/mol. The summed E-state index contributed by atoms with van der Waals surface area (Å²) in [5, 5.41) is 1.03. The molecular formula is C13H22O4S2. The molecule has 110 valence electrons. The zero-order valence-electron chi connectivity index (χ0n) is 11.9. The van der Waals surface area contributed by atoms with Crippen molar-refractivity contribution in [3.63, 3.8) is 0 Å². The molecule has 1 aliphatic rings. The van der Waals surface area contributed by atoms with Crippen molar-refractivity contribution in [2.75, 3.05) is 12.4 Å². The lowest BCUT2D eigenvalue weighted by Gasteiger charge is -2.30. The van der Waals surface area contributed by atoms with E-state index < -0.39 is 5.97 Å². The highest BCUT2D eigenvalue weighted by molar-refractivity contribution is 8.07. The second-order valence-corrected chi connectivity index (χ2v) is 7.67. The molecule has 1 saturated heterocycles. The van der Waals surface area contributed by atoms with Crippen LogP contribution in [0.1, 0.15) is 34.1 Å². The Morgan fingerprint density at radius 3 is 2.58 bits per heavy atom. The second kappa shape index (κ2) is 8.04. The van der Waals surface area contributed by atoms with Crippen molar-refractivity contribution in [3.05, 3.63) is 0 Å². The molecule has 0 aromatic rings. The average molecular weight is 306 g/mol. The van der Waals surface area contributed by atoms with Gasteiger partial charge in [-0.3, -0.25) is 4.79 Å². The summed E-state index contributed by atoms with van der Waals surface area (Å²) in [6, 6.07) is 0. The number of carbonyl (C=O) groups is 2. The lowest BCUT2D eigenvalue weighted by molar-refractivity contribution is -0.161. The van der Waals surface area contributed by atoms with Gasteiger partial charge >= 0.3 is 11.9 Å². The topological polar surface area (TPSA) is 52.6 Å². The Balaban J connectivity index is 2.26. The molecule has 4 nitrogen and oxygen atoms in total. The summed E-state index contributed by atoms with van der Waals surface area (Å²) >= 11 is 3.47. The molecule has 0 bridgehead atoms. The summed E-state index contributed by atoms with van der Waals surface area (Å²) in [5.41, 5.74) is -0.133. The third-order valence-electron chi connectivity index (χ3n) is 3.13. The van der Waals surface area contributed by atoms with Crippen LogP contribution in [0.3, 0.4) is 0 Å². The summed E-state index contributed by atoms with van der Waals surface area (Å²) in [4.78, 5) is 23.0. The molecule has 1 fully saturated rings. The van der Waals surface area contributed by atoms with Crippen LogP contribution in [0.15, 0.2) is 0 Å². The molecule has 19 heavy (non-hydrogen) atoms. The maximum atomic E-state index is 11.6. The Hall–Kier alpha value is -0.360. The predicted octanol–water partition coefficient (Wildman–Crippen LogP) is 2.70. The van der Waals surface area contributed by atoms with E-state index in [9.17, 15) is 9.59 Å². The number of carbonyl (C=O) groups excluding carboxylic acids is 2. The van der Waals surface area contributed by atoms with Crippen molar-refractivity contribution in [1.82, 2.24) is 0 Å². The van der Waals surface area contributed by atoms with Crippen LogP contribution in [0, 0.1) is 5.92 Å². The van der Waals surface area contributed by atoms with E-state index in [4.69, 9.17) is 9.47 Å². The summed E-state index contributed by atoms with van der Waals surface area (Å²) in [6.45, 7) is 7.71. The van der Waals surface area contributed by atoms with Crippen LogP contribution in [-0.2, 0) is 19.1 Å². The minimum Gasteiger partial charge on any atom is -0.453 e. The van der Waals surface area contributed by atoms with Crippen LogP contribution in [0.4, 0.5) is 0 Å². The van der Waals surface area contributed by atoms with E-state index in [0.29, 0.717) is 16.9 Å². The van der Waals surface area contributed by atoms with Gasteiger partial charge in [0.25, 0.3) is 0 Å². The van der Waals surface area contributed by atoms with Gasteiger partial charge in [0.2, 0.25) is 0 Å². The van der Waals surface area contributed by atoms with Crippen molar-refractivity contribution in [3.8, 4) is 0 Å². The van der Waals surface area contributed by atoms with Gasteiger partial charge in [-0.15, -0.1) is 11.8 Å². The summed E-state index contributed by atoms with van der Waals surface area (Å²) in [6.07, 6.45) is 0.707. The zero-order chi connectivity index (χ0) is 14.4. The van der Waals surface area contributed by atoms with E-state index in [-0.39, 0.29) is 23.9 Å². The van der Waals surface area contributed by atoms with E-state index in [1.54, 1.807) is 30.4 Å². The third-order valence-corrected chi connectivity index (χ3v) is 6.35. The van der Waals surface area contributed by atoms with Gasteiger partial charge in [-0.05, 0) is 6.42 Å². The Bertz CT molecular complexity index is 322. The van der Waals surface area contributed by atoms with Gasteiger partial charge in [-0.1, -0.05) is 27.7 Å². The molecule has 1 rings (SSSR count). The summed E-state index contributed by atoms with van der Waals surface area (Å²) in [7, 11) is 0. The fraction of sp³-hybridized carbons (Fsp3) is 0.846. The highest BCUT2D eigenvalue weighted by Crippen LogP contribution is 2.36. The van der Waals surface area contributed by atoms with E-state index >= 15 is 0 Å². The van der Waals surface area contributed by atoms with Crippen molar-refractivity contribution in [1.29, 1.82) is 0 Å². The Morgan fingerprint density at radius 1 is 1.32 bits per heavy atom. The van der Waals surface area contributed by atoms with Crippen molar-refractivity contribution < 1.29 is 19.1 Å². The first kappa shape index (κ1) is 16.7. The van der Waals surface area contributed by atoms with Crippen molar-refractivity contribution in [2.45, 2.75) is 50.1 Å². The number of ether oxygens (including phenoxy) is 2. The molecule has 0 saturated carbocycles. The standard InChI is InChI=1S/C13H22O4S2/c1-5-8(2)13(15)16-6-11(14)17-12-7-18-9(3)10(4)19-12/h8-10,12H,5-7H2,1-4H3. The van der Waals surface area contributed by atoms with Crippen LogP contribution in [0.25, 0.3) is 0 Å². The van der Waals surface area contributed by atoms with E-state index in [1.165, 1.54) is 0 Å². The van der Waals surface area contributed by atoms with Crippen LogP contribution < -0.4 is 0 Å². The normalized spacial score (nSPS) is 28.5. The number of thioether (sulfide) groups is 2. The van der Waals surface area contributed by atoms with Gasteiger partial charge in [0.1, 0.15) is 0 Å².